The van der Waals surface area contributed by atoms with Crippen LogP contribution in [-0.4, -0.2) is 17.0 Å². The fraction of sp³-hybridized carbons (Fsp3) is 1.00. The first-order chi connectivity index (χ1) is 13.8. The maximum Gasteiger partial charge on any atom is 0.236 e. The van der Waals surface area contributed by atoms with Crippen LogP contribution >= 0.6 is 0 Å². The van der Waals surface area contributed by atoms with Crippen LogP contribution in [0.4, 0.5) is 0 Å². The molecule has 3 saturated carbocycles. The van der Waals surface area contributed by atoms with Crippen molar-refractivity contribution in [3.63, 3.8) is 0 Å². The molecular weight excluding hydrogens is 364 g/mol. The summed E-state index contributed by atoms with van der Waals surface area (Å²) >= 11 is 0. The van der Waals surface area contributed by atoms with Gasteiger partial charge in [-0.15, -0.1) is 0 Å². The monoisotopic (exact) mass is 410 g/mol. The average molecular weight is 411 g/mol. The van der Waals surface area contributed by atoms with Crippen LogP contribution in [0.2, 0.25) is 0 Å². The third-order valence-corrected chi connectivity index (χ3v) is 8.13. The van der Waals surface area contributed by atoms with Crippen LogP contribution in [-0.2, 0) is 19.6 Å². The van der Waals surface area contributed by atoms with Gasteiger partial charge in [0.2, 0.25) is 5.79 Å². The van der Waals surface area contributed by atoms with E-state index in [-0.39, 0.29) is 17.1 Å². The molecule has 170 valence electrons. The third kappa shape index (κ3) is 5.96. The Labute approximate surface area is 179 Å². The van der Waals surface area contributed by atoms with E-state index in [0.29, 0.717) is 11.8 Å². The molecule has 0 aliphatic heterocycles. The van der Waals surface area contributed by atoms with E-state index in [1.165, 1.54) is 70.6 Å². The van der Waals surface area contributed by atoms with Crippen LogP contribution in [0.3, 0.4) is 0 Å². The van der Waals surface area contributed by atoms with Gasteiger partial charge >= 0.3 is 0 Å². The number of rotatable bonds is 8. The molecule has 3 fully saturated rings. The summed E-state index contributed by atoms with van der Waals surface area (Å²) in [5.41, 5.74) is -0.598. The molecule has 1 atom stereocenters. The minimum Gasteiger partial charge on any atom is -0.227 e. The molecule has 3 rings (SSSR count). The molecule has 0 aromatic heterocycles. The topological polar surface area (TPSA) is 36.9 Å². The van der Waals surface area contributed by atoms with Crippen molar-refractivity contribution in [2.75, 3.05) is 0 Å². The fourth-order valence-electron chi connectivity index (χ4n) is 5.64. The Bertz CT molecular complexity index is 455. The number of hydrogen-bond acceptors (Lipinski definition) is 4. The molecular formula is C25H46O4. The van der Waals surface area contributed by atoms with E-state index >= 15 is 0 Å². The van der Waals surface area contributed by atoms with Crippen molar-refractivity contribution < 1.29 is 19.6 Å². The Balaban J connectivity index is 1.64. The van der Waals surface area contributed by atoms with Crippen LogP contribution in [0.25, 0.3) is 0 Å². The standard InChI is InChI=1S/C25H46O4/c1-20-14-12-13-19-25(20,28-26-23(2,3)21-15-8-6-9-16-21)29-27-24(4,5)22-17-10-7-11-18-22/h20-22H,6-19H2,1-5H3. The van der Waals surface area contributed by atoms with E-state index in [2.05, 4.69) is 34.6 Å². The molecule has 3 aliphatic rings. The van der Waals surface area contributed by atoms with Crippen LogP contribution < -0.4 is 0 Å². The summed E-state index contributed by atoms with van der Waals surface area (Å²) in [6.45, 7) is 10.9. The van der Waals surface area contributed by atoms with Crippen LogP contribution in [0.15, 0.2) is 0 Å². The zero-order chi connectivity index (χ0) is 21.0. The molecule has 0 bridgehead atoms. The maximum atomic E-state index is 6.24. The van der Waals surface area contributed by atoms with E-state index in [0.717, 1.165) is 19.3 Å². The Kier molecular flexibility index (Phi) is 8.08. The summed E-state index contributed by atoms with van der Waals surface area (Å²) < 4.78 is 0. The molecule has 0 saturated heterocycles. The van der Waals surface area contributed by atoms with Crippen LogP contribution in [0, 0.1) is 17.8 Å². The minimum absolute atomic E-state index is 0.251. The minimum atomic E-state index is -0.796. The Hall–Kier alpha value is -0.160. The average Bonchev–Trinajstić information content (AvgIpc) is 2.74. The van der Waals surface area contributed by atoms with Gasteiger partial charge in [-0.25, -0.2) is 9.78 Å². The predicted molar refractivity (Wildman–Crippen MR) is 116 cm³/mol. The first-order valence-corrected chi connectivity index (χ1v) is 12.5. The van der Waals surface area contributed by atoms with E-state index in [4.69, 9.17) is 19.6 Å². The van der Waals surface area contributed by atoms with E-state index in [9.17, 15) is 0 Å². The molecule has 0 heterocycles. The second kappa shape index (κ2) is 9.97. The Morgan fingerprint density at radius 2 is 1.00 bits per heavy atom. The first kappa shape index (κ1) is 23.5. The van der Waals surface area contributed by atoms with Gasteiger partial charge in [0.25, 0.3) is 0 Å². The van der Waals surface area contributed by atoms with E-state index in [1.54, 1.807) is 0 Å². The highest BCUT2D eigenvalue weighted by Crippen LogP contribution is 2.43. The highest BCUT2D eigenvalue weighted by Gasteiger charge is 2.47. The van der Waals surface area contributed by atoms with Crippen LogP contribution in [0.5, 0.6) is 0 Å². The normalized spacial score (nSPS) is 27.8. The lowest BCUT2D eigenvalue weighted by atomic mass is 9.79. The second-order valence-corrected chi connectivity index (χ2v) is 11.2. The summed E-state index contributed by atoms with van der Waals surface area (Å²) in [7, 11) is 0. The Morgan fingerprint density at radius 1 is 0.586 bits per heavy atom. The fourth-order valence-corrected chi connectivity index (χ4v) is 5.64. The molecule has 3 aliphatic carbocycles. The highest BCUT2D eigenvalue weighted by atomic mass is 17.3. The molecule has 0 spiro atoms. The van der Waals surface area contributed by atoms with Crippen molar-refractivity contribution in [2.24, 2.45) is 17.8 Å². The lowest BCUT2D eigenvalue weighted by molar-refractivity contribution is -0.562. The van der Waals surface area contributed by atoms with Crippen molar-refractivity contribution in [2.45, 2.75) is 141 Å². The second-order valence-electron chi connectivity index (χ2n) is 11.2. The van der Waals surface area contributed by atoms with Gasteiger partial charge in [-0.3, -0.25) is 0 Å². The highest BCUT2D eigenvalue weighted by molar-refractivity contribution is 4.85. The summed E-state index contributed by atoms with van der Waals surface area (Å²) in [5, 5.41) is 0. The quantitative estimate of drug-likeness (QED) is 0.236. The summed E-state index contributed by atoms with van der Waals surface area (Å²) in [5.74, 6) is 0.551. The first-order valence-electron chi connectivity index (χ1n) is 12.5. The van der Waals surface area contributed by atoms with Gasteiger partial charge in [-0.05, 0) is 78.1 Å². The molecule has 0 amide bonds. The molecule has 4 heteroatoms. The third-order valence-electron chi connectivity index (χ3n) is 8.13. The van der Waals surface area contributed by atoms with Gasteiger partial charge in [0.1, 0.15) is 11.2 Å². The van der Waals surface area contributed by atoms with Gasteiger partial charge < -0.3 is 0 Å². The molecule has 1 unspecified atom stereocenters. The Morgan fingerprint density at radius 3 is 1.41 bits per heavy atom. The molecule has 0 aromatic rings. The largest absolute Gasteiger partial charge is 0.236 e. The predicted octanol–water partition coefficient (Wildman–Crippen LogP) is 7.51. The maximum absolute atomic E-state index is 6.24. The van der Waals surface area contributed by atoms with Crippen molar-refractivity contribution in [1.82, 2.24) is 0 Å². The van der Waals surface area contributed by atoms with Crippen molar-refractivity contribution in [3.8, 4) is 0 Å². The SMILES string of the molecule is CC1CCCCC1(OOC(C)(C)C1CCCCC1)OOC(C)(C)C1CCCCC1. The van der Waals surface area contributed by atoms with E-state index < -0.39 is 5.79 Å². The van der Waals surface area contributed by atoms with Crippen molar-refractivity contribution in [1.29, 1.82) is 0 Å². The molecule has 0 N–H and O–H groups in total. The van der Waals surface area contributed by atoms with Gasteiger partial charge in [0.05, 0.1) is 0 Å². The molecule has 0 aromatic carbocycles. The smallest absolute Gasteiger partial charge is 0.227 e. The zero-order valence-corrected chi connectivity index (χ0v) is 19.8. The molecule has 4 nitrogen and oxygen atoms in total. The lowest BCUT2D eigenvalue weighted by Crippen LogP contribution is -2.50. The zero-order valence-electron chi connectivity index (χ0n) is 19.8. The van der Waals surface area contributed by atoms with E-state index in [1.807, 2.05) is 0 Å². The molecule has 0 radical (unpaired) electrons. The van der Waals surface area contributed by atoms with Gasteiger partial charge in [-0.2, -0.15) is 9.78 Å². The van der Waals surface area contributed by atoms with Gasteiger partial charge in [0, 0.05) is 12.3 Å². The van der Waals surface area contributed by atoms with Crippen molar-refractivity contribution >= 4 is 0 Å². The van der Waals surface area contributed by atoms with Gasteiger partial charge in [-0.1, -0.05) is 51.9 Å². The summed E-state index contributed by atoms with van der Waals surface area (Å²) in [6.07, 6.45) is 17.0. The lowest BCUT2D eigenvalue weighted by Gasteiger charge is -2.45. The van der Waals surface area contributed by atoms with Gasteiger partial charge in [0.15, 0.2) is 0 Å². The van der Waals surface area contributed by atoms with Crippen LogP contribution in [0.1, 0.15) is 125 Å². The number of hydrogen-bond donors (Lipinski definition) is 0. The molecule has 29 heavy (non-hydrogen) atoms. The summed E-state index contributed by atoms with van der Waals surface area (Å²) in [4.78, 5) is 24.8. The summed E-state index contributed by atoms with van der Waals surface area (Å²) in [6, 6.07) is 0. The van der Waals surface area contributed by atoms with Crippen molar-refractivity contribution in [3.05, 3.63) is 0 Å².